The molecule has 0 saturated carbocycles. The van der Waals surface area contributed by atoms with Crippen molar-refractivity contribution in [3.05, 3.63) is 70.7 Å². The second-order valence-electron chi connectivity index (χ2n) is 9.35. The quantitative estimate of drug-likeness (QED) is 0.541. The zero-order valence-corrected chi connectivity index (χ0v) is 18.9. The van der Waals surface area contributed by atoms with Crippen LogP contribution < -0.4 is 15.8 Å². The number of aliphatic hydroxyl groups is 1. The van der Waals surface area contributed by atoms with E-state index in [0.717, 1.165) is 33.7 Å². The maximum absolute atomic E-state index is 14.2. The van der Waals surface area contributed by atoms with E-state index in [-0.39, 0.29) is 5.82 Å². The third kappa shape index (κ3) is 5.28. The Kier molecular flexibility index (Phi) is 6.46. The number of nitrogens with one attached hydrogen (secondary N) is 1. The number of benzene rings is 2. The Morgan fingerprint density at radius 1 is 1.32 bits per heavy atom. The molecule has 4 N–H and O–H groups in total. The van der Waals surface area contributed by atoms with Crippen LogP contribution >= 0.6 is 0 Å². The highest BCUT2D eigenvalue weighted by Gasteiger charge is 2.36. The molecule has 0 saturated heterocycles. The van der Waals surface area contributed by atoms with Crippen molar-refractivity contribution >= 4 is 17.8 Å². The third-order valence-corrected chi connectivity index (χ3v) is 5.69. The van der Waals surface area contributed by atoms with Crippen molar-refractivity contribution in [1.29, 1.82) is 0 Å². The van der Waals surface area contributed by atoms with Crippen LogP contribution in [0.3, 0.4) is 0 Å². The van der Waals surface area contributed by atoms with E-state index in [1.165, 1.54) is 6.07 Å². The largest absolute Gasteiger partial charge is 0.493 e. The van der Waals surface area contributed by atoms with Gasteiger partial charge in [-0.05, 0) is 55.5 Å². The minimum absolute atomic E-state index is 0.264. The number of nitrogens with two attached hydrogens (primary N) is 1. The molecular weight excluding hydrogens is 391 g/mol. The number of anilines is 1. The van der Waals surface area contributed by atoms with Gasteiger partial charge in [-0.3, -0.25) is 0 Å². The van der Waals surface area contributed by atoms with E-state index >= 15 is 0 Å². The lowest BCUT2D eigenvalue weighted by Gasteiger charge is -2.35. The number of hydrogen-bond donors (Lipinski definition) is 3. The molecule has 0 radical (unpaired) electrons. The van der Waals surface area contributed by atoms with E-state index in [0.29, 0.717) is 31.7 Å². The van der Waals surface area contributed by atoms with Crippen molar-refractivity contribution in [2.45, 2.75) is 51.6 Å². The smallest absolute Gasteiger partial charge is 0.126 e. The lowest BCUT2D eigenvalue weighted by atomic mass is 9.75. The molecule has 1 aliphatic heterocycles. The zero-order valence-electron chi connectivity index (χ0n) is 18.9. The van der Waals surface area contributed by atoms with Crippen LogP contribution in [-0.2, 0) is 11.8 Å². The SMILES string of the molecule is C=Cc1cccc(NCC(C)(O)CC(C)(C)c2cc(F)cc3c2OCC3)c1/C=C(/C)N. The summed E-state index contributed by atoms with van der Waals surface area (Å²) in [4.78, 5) is 0. The summed E-state index contributed by atoms with van der Waals surface area (Å²) in [6, 6.07) is 8.94. The maximum atomic E-state index is 14.2. The molecule has 0 fully saturated rings. The van der Waals surface area contributed by atoms with Crippen LogP contribution in [0.15, 0.2) is 42.6 Å². The second kappa shape index (κ2) is 8.75. The average molecular weight is 425 g/mol. The third-order valence-electron chi connectivity index (χ3n) is 5.69. The first kappa shape index (κ1) is 22.9. The second-order valence-corrected chi connectivity index (χ2v) is 9.35. The first-order valence-electron chi connectivity index (χ1n) is 10.6. The van der Waals surface area contributed by atoms with Gasteiger partial charge in [0.25, 0.3) is 0 Å². The van der Waals surface area contributed by atoms with Crippen LogP contribution in [0.25, 0.3) is 12.2 Å². The molecule has 1 unspecified atom stereocenters. The molecule has 2 aromatic rings. The van der Waals surface area contributed by atoms with Gasteiger partial charge < -0.3 is 20.9 Å². The molecule has 0 spiro atoms. The fourth-order valence-corrected chi connectivity index (χ4v) is 4.47. The predicted molar refractivity (Wildman–Crippen MR) is 127 cm³/mol. The minimum atomic E-state index is -1.05. The summed E-state index contributed by atoms with van der Waals surface area (Å²) in [7, 11) is 0. The molecule has 31 heavy (non-hydrogen) atoms. The van der Waals surface area contributed by atoms with E-state index in [4.69, 9.17) is 10.5 Å². The molecule has 0 aromatic heterocycles. The summed E-state index contributed by atoms with van der Waals surface area (Å²) < 4.78 is 20.0. The highest BCUT2D eigenvalue weighted by atomic mass is 19.1. The van der Waals surface area contributed by atoms with Crippen LogP contribution in [0.5, 0.6) is 5.75 Å². The summed E-state index contributed by atoms with van der Waals surface area (Å²) in [5, 5.41) is 14.6. The molecule has 3 rings (SSSR count). The van der Waals surface area contributed by atoms with Crippen LogP contribution in [0.2, 0.25) is 0 Å². The molecule has 2 aromatic carbocycles. The van der Waals surface area contributed by atoms with Gasteiger partial charge in [0, 0.05) is 41.0 Å². The summed E-state index contributed by atoms with van der Waals surface area (Å²) >= 11 is 0. The van der Waals surface area contributed by atoms with Gasteiger partial charge in [-0.25, -0.2) is 4.39 Å². The normalized spacial score (nSPS) is 15.7. The van der Waals surface area contributed by atoms with Crippen molar-refractivity contribution in [2.75, 3.05) is 18.5 Å². The molecule has 5 heteroatoms. The minimum Gasteiger partial charge on any atom is -0.493 e. The standard InChI is InChI=1S/C26H33FN2O2/c1-6-18-8-7-9-23(21(18)12-17(2)28)29-16-26(5,30)15-25(3,4)22-14-20(27)13-19-10-11-31-24(19)22/h6-9,12-14,29-30H,1,10-11,15-16,28H2,2-5H3/b17-12-. The van der Waals surface area contributed by atoms with Gasteiger partial charge in [0.05, 0.1) is 12.2 Å². The van der Waals surface area contributed by atoms with E-state index in [1.807, 2.05) is 45.0 Å². The fraction of sp³-hybridized carbons (Fsp3) is 0.385. The molecule has 0 bridgehead atoms. The lowest BCUT2D eigenvalue weighted by molar-refractivity contribution is 0.0435. The average Bonchev–Trinajstić information content (AvgIpc) is 3.13. The summed E-state index contributed by atoms with van der Waals surface area (Å²) in [6.07, 6.45) is 4.82. The summed E-state index contributed by atoms with van der Waals surface area (Å²) in [5.41, 5.74) is 9.53. The van der Waals surface area contributed by atoms with Crippen molar-refractivity contribution in [2.24, 2.45) is 5.73 Å². The molecule has 0 amide bonds. The fourth-order valence-electron chi connectivity index (χ4n) is 4.47. The molecule has 0 aliphatic carbocycles. The Morgan fingerprint density at radius 2 is 2.06 bits per heavy atom. The van der Waals surface area contributed by atoms with Gasteiger partial charge >= 0.3 is 0 Å². The van der Waals surface area contributed by atoms with E-state index in [1.54, 1.807) is 19.1 Å². The Hall–Kier alpha value is -2.79. The van der Waals surface area contributed by atoms with Crippen molar-refractivity contribution in [1.82, 2.24) is 0 Å². The molecule has 1 atom stereocenters. The van der Waals surface area contributed by atoms with Crippen molar-refractivity contribution in [3.63, 3.8) is 0 Å². The van der Waals surface area contributed by atoms with E-state index < -0.39 is 11.0 Å². The maximum Gasteiger partial charge on any atom is 0.126 e. The van der Waals surface area contributed by atoms with Gasteiger partial charge in [-0.1, -0.05) is 38.6 Å². The van der Waals surface area contributed by atoms with Gasteiger partial charge in [-0.2, -0.15) is 0 Å². The molecule has 1 aliphatic rings. The van der Waals surface area contributed by atoms with Gasteiger partial charge in [0.1, 0.15) is 11.6 Å². The molecule has 4 nitrogen and oxygen atoms in total. The topological polar surface area (TPSA) is 67.5 Å². The van der Waals surface area contributed by atoms with Gasteiger partial charge in [-0.15, -0.1) is 0 Å². The Bertz CT molecular complexity index is 1000. The summed E-state index contributed by atoms with van der Waals surface area (Å²) in [6.45, 7) is 12.4. The Morgan fingerprint density at radius 3 is 2.74 bits per heavy atom. The predicted octanol–water partition coefficient (Wildman–Crippen LogP) is 5.25. The molecular formula is C26H33FN2O2. The number of hydrogen-bond acceptors (Lipinski definition) is 4. The monoisotopic (exact) mass is 424 g/mol. The lowest BCUT2D eigenvalue weighted by Crippen LogP contribution is -2.40. The molecule has 166 valence electrons. The summed E-state index contributed by atoms with van der Waals surface area (Å²) in [5.74, 6) is 0.500. The van der Waals surface area contributed by atoms with Gasteiger partial charge in [0.15, 0.2) is 0 Å². The first-order valence-corrected chi connectivity index (χ1v) is 10.6. The van der Waals surface area contributed by atoms with Crippen LogP contribution in [0.1, 0.15) is 56.4 Å². The van der Waals surface area contributed by atoms with Crippen LogP contribution in [0.4, 0.5) is 10.1 Å². The Balaban J connectivity index is 1.82. The van der Waals surface area contributed by atoms with Crippen LogP contribution in [-0.4, -0.2) is 23.9 Å². The van der Waals surface area contributed by atoms with Crippen molar-refractivity contribution in [3.8, 4) is 5.75 Å². The van der Waals surface area contributed by atoms with Crippen molar-refractivity contribution < 1.29 is 14.2 Å². The highest BCUT2D eigenvalue weighted by molar-refractivity contribution is 5.76. The van der Waals surface area contributed by atoms with Gasteiger partial charge in [0.2, 0.25) is 0 Å². The van der Waals surface area contributed by atoms with E-state index in [2.05, 4.69) is 11.9 Å². The zero-order chi connectivity index (χ0) is 22.8. The first-order chi connectivity index (χ1) is 14.5. The number of rotatable bonds is 8. The Labute approximate surface area is 184 Å². The number of allylic oxidation sites excluding steroid dienone is 1. The highest BCUT2D eigenvalue weighted by Crippen LogP contribution is 2.42. The number of ether oxygens (including phenoxy) is 1. The number of fused-ring (bicyclic) bond motifs is 1. The molecule has 1 heterocycles. The number of halogens is 1. The van der Waals surface area contributed by atoms with Crippen LogP contribution in [0, 0.1) is 5.82 Å². The van der Waals surface area contributed by atoms with E-state index in [9.17, 15) is 9.50 Å².